The number of hydrogen-bond donors (Lipinski definition) is 1. The summed E-state index contributed by atoms with van der Waals surface area (Å²) >= 11 is 1.32. The van der Waals surface area contributed by atoms with Crippen LogP contribution in [0.25, 0.3) is 11.4 Å². The number of benzene rings is 2. The van der Waals surface area contributed by atoms with E-state index in [0.29, 0.717) is 16.5 Å². The zero-order valence-corrected chi connectivity index (χ0v) is 17.2. The Morgan fingerprint density at radius 3 is 2.79 bits per heavy atom. The number of carbonyl (C=O) groups is 1. The normalized spacial score (nSPS) is 16.9. The van der Waals surface area contributed by atoms with Gasteiger partial charge in [0.15, 0.2) is 11.0 Å². The van der Waals surface area contributed by atoms with Gasteiger partial charge in [-0.15, -0.1) is 10.2 Å². The Balaban J connectivity index is 1.46. The van der Waals surface area contributed by atoms with Gasteiger partial charge >= 0.3 is 0 Å². The minimum absolute atomic E-state index is 0.0351. The Morgan fingerprint density at radius 2 is 1.97 bits per heavy atom. The van der Waals surface area contributed by atoms with Crippen LogP contribution in [0.15, 0.2) is 53.7 Å². The van der Waals surface area contributed by atoms with Crippen molar-refractivity contribution < 1.29 is 9.18 Å². The fourth-order valence-electron chi connectivity index (χ4n) is 3.70. The maximum atomic E-state index is 14.1. The number of amides is 1. The molecule has 0 saturated heterocycles. The van der Waals surface area contributed by atoms with Crippen molar-refractivity contribution in [1.29, 1.82) is 0 Å². The van der Waals surface area contributed by atoms with E-state index in [4.69, 9.17) is 0 Å². The quantitative estimate of drug-likeness (QED) is 0.638. The Kier molecular flexibility index (Phi) is 5.67. The highest BCUT2D eigenvalue weighted by molar-refractivity contribution is 8.00. The Hall–Kier alpha value is -2.67. The lowest BCUT2D eigenvalue weighted by Crippen LogP contribution is -2.36. The van der Waals surface area contributed by atoms with E-state index in [1.54, 1.807) is 29.8 Å². The smallest absolute Gasteiger partial charge is 0.233 e. The van der Waals surface area contributed by atoms with Crippen molar-refractivity contribution in [3.05, 3.63) is 65.5 Å². The van der Waals surface area contributed by atoms with Gasteiger partial charge in [0.05, 0.1) is 16.9 Å². The van der Waals surface area contributed by atoms with Crippen molar-refractivity contribution in [2.75, 3.05) is 0 Å². The zero-order chi connectivity index (χ0) is 20.4. The first-order chi connectivity index (χ1) is 14.0. The second-order valence-corrected chi connectivity index (χ2v) is 8.57. The zero-order valence-electron chi connectivity index (χ0n) is 16.4. The maximum absolute atomic E-state index is 14.1. The van der Waals surface area contributed by atoms with Crippen LogP contribution in [-0.4, -0.2) is 25.9 Å². The lowest BCUT2D eigenvalue weighted by Gasteiger charge is -2.27. The van der Waals surface area contributed by atoms with Crippen LogP contribution >= 0.6 is 11.8 Å². The van der Waals surface area contributed by atoms with E-state index in [1.165, 1.54) is 29.0 Å². The first-order valence-electron chi connectivity index (χ1n) is 9.73. The molecule has 2 aromatic carbocycles. The molecule has 0 aliphatic heterocycles. The molecular weight excluding hydrogens is 387 g/mol. The second kappa shape index (κ2) is 8.37. The number of rotatable bonds is 5. The van der Waals surface area contributed by atoms with E-state index in [-0.39, 0.29) is 23.0 Å². The molecule has 1 aliphatic rings. The number of carbonyl (C=O) groups excluding carboxylic acids is 1. The molecule has 3 aromatic rings. The van der Waals surface area contributed by atoms with Gasteiger partial charge in [-0.2, -0.15) is 0 Å². The maximum Gasteiger partial charge on any atom is 0.233 e. The van der Waals surface area contributed by atoms with Crippen LogP contribution in [0.3, 0.4) is 0 Å². The predicted octanol–water partition coefficient (Wildman–Crippen LogP) is 4.30. The third kappa shape index (κ3) is 4.05. The van der Waals surface area contributed by atoms with Gasteiger partial charge in [0.1, 0.15) is 5.82 Å². The van der Waals surface area contributed by atoms with E-state index < -0.39 is 0 Å². The molecule has 150 valence electrons. The van der Waals surface area contributed by atoms with Crippen LogP contribution in [0.1, 0.15) is 36.9 Å². The van der Waals surface area contributed by atoms with Gasteiger partial charge in [0, 0.05) is 7.05 Å². The fraction of sp³-hybridized carbons (Fsp3) is 0.318. The van der Waals surface area contributed by atoms with Crippen LogP contribution in [0.4, 0.5) is 4.39 Å². The number of thioether (sulfide) groups is 1. The standard InChI is InChI=1S/C22H23FN4OS/c1-14(21(28)24-19-13-7-9-15-8-3-4-10-16(15)19)29-22-26-25-20(27(22)2)17-11-5-6-12-18(17)23/h3-6,8,10-12,14,19H,7,9,13H2,1-2H3,(H,24,28)/t14-,19-/m0/s1. The van der Waals surface area contributed by atoms with Crippen molar-refractivity contribution in [2.45, 2.75) is 42.6 Å². The van der Waals surface area contributed by atoms with Gasteiger partial charge in [-0.1, -0.05) is 48.2 Å². The summed E-state index contributed by atoms with van der Waals surface area (Å²) in [5.74, 6) is 0.0628. The summed E-state index contributed by atoms with van der Waals surface area (Å²) < 4.78 is 15.8. The Morgan fingerprint density at radius 1 is 1.21 bits per heavy atom. The van der Waals surface area contributed by atoms with Crippen LogP contribution in [0.5, 0.6) is 0 Å². The molecule has 4 rings (SSSR count). The number of hydrogen-bond acceptors (Lipinski definition) is 4. The van der Waals surface area contributed by atoms with Crippen LogP contribution in [0.2, 0.25) is 0 Å². The van der Waals surface area contributed by atoms with E-state index in [1.807, 2.05) is 19.1 Å². The topological polar surface area (TPSA) is 59.8 Å². The SMILES string of the molecule is C[C@H](Sc1nnc(-c2ccccc2F)n1C)C(=O)N[C@H]1CCCc2ccccc21. The molecule has 1 aliphatic carbocycles. The van der Waals surface area contributed by atoms with Crippen LogP contribution < -0.4 is 5.32 Å². The molecule has 0 radical (unpaired) electrons. The average Bonchev–Trinajstić information content (AvgIpc) is 3.08. The molecule has 1 amide bonds. The molecule has 29 heavy (non-hydrogen) atoms. The first-order valence-corrected chi connectivity index (χ1v) is 10.6. The minimum atomic E-state index is -0.347. The van der Waals surface area contributed by atoms with Crippen molar-refractivity contribution in [2.24, 2.45) is 7.05 Å². The van der Waals surface area contributed by atoms with Crippen molar-refractivity contribution in [3.63, 3.8) is 0 Å². The molecule has 1 N–H and O–H groups in total. The third-order valence-electron chi connectivity index (χ3n) is 5.29. The Labute approximate surface area is 173 Å². The van der Waals surface area contributed by atoms with E-state index in [0.717, 1.165) is 19.3 Å². The molecule has 1 aromatic heterocycles. The van der Waals surface area contributed by atoms with E-state index >= 15 is 0 Å². The van der Waals surface area contributed by atoms with Crippen molar-refractivity contribution >= 4 is 17.7 Å². The average molecular weight is 411 g/mol. The third-order valence-corrected chi connectivity index (χ3v) is 6.42. The number of nitrogens with one attached hydrogen (secondary N) is 1. The van der Waals surface area contributed by atoms with Gasteiger partial charge in [0.25, 0.3) is 0 Å². The summed E-state index contributed by atoms with van der Waals surface area (Å²) in [6, 6.07) is 14.8. The second-order valence-electron chi connectivity index (χ2n) is 7.26. The lowest BCUT2D eigenvalue weighted by atomic mass is 9.88. The molecule has 1 heterocycles. The van der Waals surface area contributed by atoms with Gasteiger partial charge in [-0.3, -0.25) is 4.79 Å². The Bertz CT molecular complexity index is 1040. The number of aromatic nitrogens is 3. The fourth-order valence-corrected chi connectivity index (χ4v) is 4.52. The van der Waals surface area contributed by atoms with Gasteiger partial charge in [0.2, 0.25) is 5.91 Å². The van der Waals surface area contributed by atoms with Gasteiger partial charge < -0.3 is 9.88 Å². The first kappa shape index (κ1) is 19.6. The molecule has 0 saturated carbocycles. The highest BCUT2D eigenvalue weighted by Gasteiger charge is 2.25. The number of nitrogens with zero attached hydrogens (tertiary/aromatic N) is 3. The highest BCUT2D eigenvalue weighted by atomic mass is 32.2. The summed E-state index contributed by atoms with van der Waals surface area (Å²) in [6.07, 6.45) is 3.07. The summed E-state index contributed by atoms with van der Waals surface area (Å²) in [7, 11) is 1.78. The van der Waals surface area contributed by atoms with Crippen LogP contribution in [-0.2, 0) is 18.3 Å². The summed E-state index contributed by atoms with van der Waals surface area (Å²) in [6.45, 7) is 1.85. The van der Waals surface area contributed by atoms with Gasteiger partial charge in [-0.25, -0.2) is 4.39 Å². The van der Waals surface area contributed by atoms with Crippen LogP contribution in [0, 0.1) is 5.82 Å². The number of halogens is 1. The molecule has 0 spiro atoms. The molecule has 5 nitrogen and oxygen atoms in total. The number of fused-ring (bicyclic) bond motifs is 1. The predicted molar refractivity (Wildman–Crippen MR) is 112 cm³/mol. The van der Waals surface area contributed by atoms with Gasteiger partial charge in [-0.05, 0) is 49.4 Å². The van der Waals surface area contributed by atoms with Crippen molar-refractivity contribution in [1.82, 2.24) is 20.1 Å². The lowest BCUT2D eigenvalue weighted by molar-refractivity contribution is -0.121. The molecule has 2 atom stereocenters. The minimum Gasteiger partial charge on any atom is -0.348 e. The summed E-state index contributed by atoms with van der Waals surface area (Å²) in [5.41, 5.74) is 2.92. The van der Waals surface area contributed by atoms with E-state index in [2.05, 4.69) is 27.6 Å². The molecular formula is C22H23FN4OS. The summed E-state index contributed by atoms with van der Waals surface area (Å²) in [5, 5.41) is 11.7. The number of aryl methyl sites for hydroxylation is 1. The summed E-state index contributed by atoms with van der Waals surface area (Å²) in [4.78, 5) is 12.8. The van der Waals surface area contributed by atoms with E-state index in [9.17, 15) is 9.18 Å². The highest BCUT2D eigenvalue weighted by Crippen LogP contribution is 2.31. The monoisotopic (exact) mass is 410 g/mol. The molecule has 0 fully saturated rings. The largest absolute Gasteiger partial charge is 0.348 e. The van der Waals surface area contributed by atoms with Crippen molar-refractivity contribution in [3.8, 4) is 11.4 Å². The molecule has 7 heteroatoms. The molecule has 0 bridgehead atoms. The molecule has 0 unspecified atom stereocenters.